The number of carbonyl (C=O) groups is 1. The van der Waals surface area contributed by atoms with Crippen molar-refractivity contribution < 1.29 is 14.3 Å². The van der Waals surface area contributed by atoms with Gasteiger partial charge in [0.15, 0.2) is 0 Å². The highest BCUT2D eigenvalue weighted by Gasteiger charge is 2.15. The van der Waals surface area contributed by atoms with E-state index in [1.807, 2.05) is 49.6 Å². The smallest absolute Gasteiger partial charge is 0.131 e. The molecule has 0 saturated carbocycles. The summed E-state index contributed by atoms with van der Waals surface area (Å²) in [6.07, 6.45) is 5.82. The van der Waals surface area contributed by atoms with Crippen molar-refractivity contribution in [3.05, 3.63) is 55.0 Å². The summed E-state index contributed by atoms with van der Waals surface area (Å²) in [7, 11) is 5.10. The second-order valence-corrected chi connectivity index (χ2v) is 7.51. The Bertz CT molecular complexity index is 1250. The van der Waals surface area contributed by atoms with Gasteiger partial charge in [-0.25, -0.2) is 4.98 Å². The fraction of sp³-hybridized carbons (Fsp3) is 0.250. The number of Topliss-reactive ketones (excluding diaryl/α,β-unsaturated/α-hetero) is 1. The topological polar surface area (TPSA) is 82.4 Å². The van der Waals surface area contributed by atoms with E-state index in [-0.39, 0.29) is 5.78 Å². The van der Waals surface area contributed by atoms with Crippen molar-refractivity contribution in [1.29, 1.82) is 0 Å². The van der Waals surface area contributed by atoms with Gasteiger partial charge in [0.1, 0.15) is 17.3 Å². The lowest BCUT2D eigenvalue weighted by atomic mass is 10.1. The summed E-state index contributed by atoms with van der Waals surface area (Å²) < 4.78 is 12.6. The molecule has 8 heteroatoms. The molecule has 32 heavy (non-hydrogen) atoms. The number of nitrogens with zero attached hydrogens (tertiary/aromatic N) is 5. The average Bonchev–Trinajstić information content (AvgIpc) is 3.24. The summed E-state index contributed by atoms with van der Waals surface area (Å²) in [6, 6.07) is 11.6. The Hall–Kier alpha value is -3.94. The van der Waals surface area contributed by atoms with Crippen LogP contribution in [0.4, 0.5) is 11.4 Å². The van der Waals surface area contributed by atoms with Crippen molar-refractivity contribution in [2.45, 2.75) is 13.3 Å². The third-order valence-electron chi connectivity index (χ3n) is 5.17. The van der Waals surface area contributed by atoms with Gasteiger partial charge in [0.25, 0.3) is 0 Å². The first-order valence-corrected chi connectivity index (χ1v) is 10.2. The van der Waals surface area contributed by atoms with E-state index < -0.39 is 0 Å². The SMILES string of the molecule is COc1cc(OC)cc(N(CCC(C)=O)c2ccc3ncc(-c4cnn(C)c4)nc3c2)c1. The molecule has 0 aliphatic carbocycles. The number of benzene rings is 2. The van der Waals surface area contributed by atoms with E-state index in [0.717, 1.165) is 33.7 Å². The molecule has 2 heterocycles. The maximum Gasteiger partial charge on any atom is 0.131 e. The van der Waals surface area contributed by atoms with E-state index in [4.69, 9.17) is 14.5 Å². The molecule has 0 saturated heterocycles. The number of ketones is 1. The van der Waals surface area contributed by atoms with E-state index in [1.165, 1.54) is 0 Å². The van der Waals surface area contributed by atoms with Gasteiger partial charge in [0.05, 0.1) is 43.3 Å². The minimum absolute atomic E-state index is 0.115. The van der Waals surface area contributed by atoms with Crippen molar-refractivity contribution in [3.8, 4) is 22.8 Å². The lowest BCUT2D eigenvalue weighted by Gasteiger charge is -2.26. The molecule has 8 nitrogen and oxygen atoms in total. The standard InChI is InChI=1S/C24H25N5O3/c1-16(30)7-8-29(19-9-20(31-3)12-21(10-19)32-4)18-5-6-22-23(11-18)27-24(14-25-22)17-13-26-28(2)15-17/h5-6,9-15H,7-8H2,1-4H3. The third kappa shape index (κ3) is 4.54. The predicted octanol–water partition coefficient (Wildman–Crippen LogP) is 4.16. The van der Waals surface area contributed by atoms with Crippen LogP contribution in [0.2, 0.25) is 0 Å². The summed E-state index contributed by atoms with van der Waals surface area (Å²) in [5, 5.41) is 4.22. The summed E-state index contributed by atoms with van der Waals surface area (Å²) >= 11 is 0. The Balaban J connectivity index is 1.79. The average molecular weight is 431 g/mol. The molecule has 0 spiro atoms. The number of fused-ring (bicyclic) bond motifs is 1. The molecular weight excluding hydrogens is 406 g/mol. The van der Waals surface area contributed by atoms with Crippen LogP contribution in [0.25, 0.3) is 22.3 Å². The predicted molar refractivity (Wildman–Crippen MR) is 124 cm³/mol. The van der Waals surface area contributed by atoms with Gasteiger partial charge in [0.2, 0.25) is 0 Å². The van der Waals surface area contributed by atoms with Gasteiger partial charge in [-0.1, -0.05) is 0 Å². The van der Waals surface area contributed by atoms with Crippen LogP contribution in [0.5, 0.6) is 11.5 Å². The van der Waals surface area contributed by atoms with E-state index in [2.05, 4.69) is 15.0 Å². The molecular formula is C24H25N5O3. The number of hydrogen-bond donors (Lipinski definition) is 0. The first kappa shape index (κ1) is 21.3. The second kappa shape index (κ2) is 9.05. The second-order valence-electron chi connectivity index (χ2n) is 7.51. The highest BCUT2D eigenvalue weighted by molar-refractivity contribution is 5.83. The number of methoxy groups -OCH3 is 2. The molecule has 0 aliphatic rings. The molecule has 0 unspecified atom stereocenters. The van der Waals surface area contributed by atoms with Gasteiger partial charge in [-0.15, -0.1) is 0 Å². The maximum atomic E-state index is 11.8. The van der Waals surface area contributed by atoms with Gasteiger partial charge in [-0.05, 0) is 25.1 Å². The first-order chi connectivity index (χ1) is 15.5. The monoisotopic (exact) mass is 431 g/mol. The van der Waals surface area contributed by atoms with Crippen molar-refractivity contribution in [3.63, 3.8) is 0 Å². The Morgan fingerprint density at radius 1 is 1.00 bits per heavy atom. The number of anilines is 2. The largest absolute Gasteiger partial charge is 0.497 e. The summed E-state index contributed by atoms with van der Waals surface area (Å²) in [4.78, 5) is 23.2. The molecule has 0 fully saturated rings. The van der Waals surface area contributed by atoms with Crippen molar-refractivity contribution >= 4 is 28.2 Å². The Kier molecular flexibility index (Phi) is 6.02. The van der Waals surface area contributed by atoms with Crippen LogP contribution in [-0.2, 0) is 11.8 Å². The van der Waals surface area contributed by atoms with Gasteiger partial charge >= 0.3 is 0 Å². The number of aromatic nitrogens is 4. The summed E-state index contributed by atoms with van der Waals surface area (Å²) in [6.45, 7) is 2.10. The lowest BCUT2D eigenvalue weighted by molar-refractivity contribution is -0.116. The summed E-state index contributed by atoms with van der Waals surface area (Å²) in [5.41, 5.74) is 4.95. The fourth-order valence-corrected chi connectivity index (χ4v) is 3.49. The summed E-state index contributed by atoms with van der Waals surface area (Å²) in [5.74, 6) is 1.46. The molecule has 164 valence electrons. The molecule has 0 aliphatic heterocycles. The fourth-order valence-electron chi connectivity index (χ4n) is 3.49. The zero-order valence-corrected chi connectivity index (χ0v) is 18.6. The van der Waals surface area contributed by atoms with Gasteiger partial charge in [0, 0.05) is 61.3 Å². The van der Waals surface area contributed by atoms with Crippen molar-refractivity contribution in [2.24, 2.45) is 7.05 Å². The van der Waals surface area contributed by atoms with Crippen LogP contribution < -0.4 is 14.4 Å². The van der Waals surface area contributed by atoms with Gasteiger partial charge in [-0.2, -0.15) is 5.10 Å². The van der Waals surface area contributed by atoms with Crippen LogP contribution in [0.15, 0.2) is 55.0 Å². The minimum atomic E-state index is 0.115. The third-order valence-corrected chi connectivity index (χ3v) is 5.17. The minimum Gasteiger partial charge on any atom is -0.497 e. The molecule has 0 atom stereocenters. The quantitative estimate of drug-likeness (QED) is 0.414. The normalized spacial score (nSPS) is 10.9. The van der Waals surface area contributed by atoms with Crippen LogP contribution >= 0.6 is 0 Å². The maximum absolute atomic E-state index is 11.8. The molecule has 0 amide bonds. The lowest BCUT2D eigenvalue weighted by Crippen LogP contribution is -2.20. The van der Waals surface area contributed by atoms with Gasteiger partial charge in [-0.3, -0.25) is 14.5 Å². The van der Waals surface area contributed by atoms with E-state index >= 15 is 0 Å². The van der Waals surface area contributed by atoms with Crippen LogP contribution in [-0.4, -0.2) is 46.3 Å². The number of aryl methyl sites for hydroxylation is 1. The Morgan fingerprint density at radius 2 is 1.75 bits per heavy atom. The molecule has 4 aromatic rings. The Labute approximate surface area is 186 Å². The Morgan fingerprint density at radius 3 is 2.38 bits per heavy atom. The highest BCUT2D eigenvalue weighted by Crippen LogP contribution is 2.34. The molecule has 4 rings (SSSR count). The van der Waals surface area contributed by atoms with Crippen LogP contribution in [0.1, 0.15) is 13.3 Å². The van der Waals surface area contributed by atoms with Crippen LogP contribution in [0.3, 0.4) is 0 Å². The van der Waals surface area contributed by atoms with Crippen molar-refractivity contribution in [2.75, 3.05) is 25.7 Å². The number of hydrogen-bond acceptors (Lipinski definition) is 7. The number of carbonyl (C=O) groups excluding carboxylic acids is 1. The zero-order chi connectivity index (χ0) is 22.7. The van der Waals surface area contributed by atoms with Crippen molar-refractivity contribution in [1.82, 2.24) is 19.7 Å². The number of rotatable bonds is 8. The molecule has 0 bridgehead atoms. The van der Waals surface area contributed by atoms with E-state index in [1.54, 1.807) is 38.2 Å². The molecule has 0 N–H and O–H groups in total. The highest BCUT2D eigenvalue weighted by atomic mass is 16.5. The molecule has 2 aromatic carbocycles. The van der Waals surface area contributed by atoms with E-state index in [9.17, 15) is 4.79 Å². The van der Waals surface area contributed by atoms with Gasteiger partial charge < -0.3 is 14.4 Å². The molecule has 0 radical (unpaired) electrons. The first-order valence-electron chi connectivity index (χ1n) is 10.2. The van der Waals surface area contributed by atoms with Crippen LogP contribution in [0, 0.1) is 0 Å². The van der Waals surface area contributed by atoms with E-state index in [0.29, 0.717) is 24.5 Å². The molecule has 2 aromatic heterocycles. The number of ether oxygens (including phenoxy) is 2. The zero-order valence-electron chi connectivity index (χ0n) is 18.6.